The van der Waals surface area contributed by atoms with E-state index in [1.54, 1.807) is 161 Å². The largest absolute Gasteiger partial charge is 0.444 e. The fourth-order valence-corrected chi connectivity index (χ4v) is 13.3. The Bertz CT molecular complexity index is 4840. The Balaban J connectivity index is 0.000000250. The number of hydrogen-bond acceptors (Lipinski definition) is 19. The summed E-state index contributed by atoms with van der Waals surface area (Å²) in [6, 6.07) is 34.1. The Morgan fingerprint density at radius 3 is 0.992 bits per heavy atom. The summed E-state index contributed by atoms with van der Waals surface area (Å²) in [4.78, 5) is 174. The molecule has 6 aromatic rings. The van der Waals surface area contributed by atoms with Gasteiger partial charge >= 0.3 is 18.3 Å². The number of nitrogens with one attached hydrogen (secondary N) is 4. The number of nitrogens with zero attached hydrogens (tertiary/aromatic N) is 10. The van der Waals surface area contributed by atoms with Crippen LogP contribution < -0.4 is 52.3 Å². The molecule has 0 bridgehead atoms. The molecule has 4 aliphatic heterocycles. The van der Waals surface area contributed by atoms with Crippen molar-refractivity contribution in [3.05, 3.63) is 185 Å². The molecular weight excluding hydrogens is 1750 g/mol. The summed E-state index contributed by atoms with van der Waals surface area (Å²) in [5.41, 5.74) is 15.7. The number of amides is 13. The summed E-state index contributed by atoms with van der Waals surface area (Å²) in [6.07, 6.45) is -1.55. The molecule has 0 atom stereocenters. The molecule has 4 fully saturated rings. The van der Waals surface area contributed by atoms with Gasteiger partial charge in [-0.05, 0) is 197 Å². The van der Waals surface area contributed by atoms with Crippen LogP contribution in [0.3, 0.4) is 0 Å². The van der Waals surface area contributed by atoms with Crippen LogP contribution in [-0.4, -0.2) is 254 Å². The highest BCUT2D eigenvalue weighted by atomic mass is 35.5. The lowest BCUT2D eigenvalue weighted by Crippen LogP contribution is -2.46. The van der Waals surface area contributed by atoms with Gasteiger partial charge < -0.3 is 76.3 Å². The number of alkyl carbamates (subject to hydrolysis) is 3. The van der Waals surface area contributed by atoms with Gasteiger partial charge in [0.05, 0.1) is 6.54 Å². The van der Waals surface area contributed by atoms with Crippen molar-refractivity contribution in [3.63, 3.8) is 0 Å². The fraction of sp³-hybridized carbons (Fsp3) is 0.424. The maximum absolute atomic E-state index is 13.2. The van der Waals surface area contributed by atoms with Gasteiger partial charge in [0.1, 0.15) is 88.6 Å². The molecule has 124 heavy (non-hydrogen) atoms. The van der Waals surface area contributed by atoms with Crippen molar-refractivity contribution in [2.24, 2.45) is 11.5 Å². The second-order valence-corrected chi connectivity index (χ2v) is 34.2. The van der Waals surface area contributed by atoms with Gasteiger partial charge in [-0.3, -0.25) is 67.5 Å². The molecular formula is C85H107Cl7N16O16. The van der Waals surface area contributed by atoms with E-state index < -0.39 is 46.9 Å². The van der Waals surface area contributed by atoms with Crippen molar-refractivity contribution >= 4 is 181 Å². The molecule has 6 aromatic carbocycles. The average molecular weight is 1860 g/mol. The molecule has 8 N–H and O–H groups in total. The van der Waals surface area contributed by atoms with Crippen LogP contribution >= 0.6 is 81.2 Å². The minimum absolute atomic E-state index is 0.0304. The Morgan fingerprint density at radius 2 is 0.685 bits per heavy atom. The zero-order valence-electron chi connectivity index (χ0n) is 71.5. The molecule has 672 valence electrons. The summed E-state index contributed by atoms with van der Waals surface area (Å²) in [5.74, 6) is -2.81. The normalized spacial score (nSPS) is 13.8. The van der Waals surface area contributed by atoms with Gasteiger partial charge in [-0.1, -0.05) is 106 Å². The van der Waals surface area contributed by atoms with E-state index >= 15 is 0 Å². The van der Waals surface area contributed by atoms with E-state index in [9.17, 15) is 62.3 Å². The van der Waals surface area contributed by atoms with Gasteiger partial charge in [0.25, 0.3) is 11.8 Å². The lowest BCUT2D eigenvalue weighted by Gasteiger charge is -2.26. The number of carbonyl (C=O) groups excluding carboxylic acids is 13. The maximum Gasteiger partial charge on any atom is 0.407 e. The predicted molar refractivity (Wildman–Crippen MR) is 480 cm³/mol. The minimum Gasteiger partial charge on any atom is -0.444 e. The number of halogens is 7. The van der Waals surface area contributed by atoms with E-state index in [1.807, 2.05) is 53.7 Å². The zero-order valence-corrected chi connectivity index (χ0v) is 76.8. The lowest BCUT2D eigenvalue weighted by molar-refractivity contribution is -0.132. The van der Waals surface area contributed by atoms with Crippen LogP contribution in [0.4, 0.5) is 37.1 Å². The van der Waals surface area contributed by atoms with Gasteiger partial charge in [-0.15, -0.1) is 11.6 Å². The molecule has 4 saturated heterocycles. The van der Waals surface area contributed by atoms with E-state index in [0.29, 0.717) is 84.5 Å². The topological polar surface area (TPSA) is 382 Å². The molecule has 13 amide bonds. The Labute approximate surface area is 757 Å². The van der Waals surface area contributed by atoms with E-state index in [2.05, 4.69) is 21.3 Å². The minimum atomic E-state index is -0.675. The smallest absolute Gasteiger partial charge is 0.407 e. The highest BCUT2D eigenvalue weighted by Gasteiger charge is 2.38. The average Bonchev–Trinajstić information content (AvgIpc) is 1.67. The zero-order chi connectivity index (χ0) is 92.3. The van der Waals surface area contributed by atoms with Crippen LogP contribution in [-0.2, 0) is 52.6 Å². The van der Waals surface area contributed by atoms with Crippen molar-refractivity contribution in [2.45, 2.75) is 107 Å². The summed E-state index contributed by atoms with van der Waals surface area (Å²) in [6.45, 7) is 25.5. The highest BCUT2D eigenvalue weighted by molar-refractivity contribution is 6.34. The molecule has 4 heterocycles. The number of hydrogen-bond donors (Lipinski definition) is 6. The molecule has 0 radical (unpaired) electrons. The standard InChI is InChI=1S/C26H30Cl2N4O5.C21H22Cl2N4O3.C19H27ClN4O4.C12H12Cl2N2O2.C7H16N2O2/c1-17-20(28)9-6-10-21(17)32-16-31(15-23(32)34)22(33)14-30(12-11-29-25(36)37-26(2,3)4)24(35)18-7-5-8-19(27)13-18;1-14-17(23)6-3-7-18(14)27-13-26(12-20(27)29)19(28)11-25(9-8-24)21(30)15-4-2-5-16(22)10-15;1-13-14(20)6-5-7-15(13)24-12-23(11-17(24)26)16(25)10-21-8-9-22-18(27)28-19(2,3)4;1-8-9(14)3-2-4-10(8)16-7-15(6-12(16)18)11(17)5-13;1-7(2,3)11-6(10)9-5-4-8/h5-10,13H,11-12,14-16H2,1-4H3,(H,29,36);2-7,10H,8-9,11-13,24H2,1H3;5-7,21H,8-12H2,1-4H3,(H,22,27);2-4H,5-7H2,1H3;4-5,8H2,1-3H3,(H,9,10). The Hall–Kier alpha value is -10.3. The third-order valence-electron chi connectivity index (χ3n) is 18.3. The first-order valence-corrected chi connectivity index (χ1v) is 42.1. The number of anilines is 4. The number of nitrogens with two attached hydrogens (primary N) is 2. The maximum atomic E-state index is 13.2. The Kier molecular flexibility index (Phi) is 39.5. The van der Waals surface area contributed by atoms with E-state index in [0.717, 1.165) is 27.9 Å². The summed E-state index contributed by atoms with van der Waals surface area (Å²) >= 11 is 42.0. The third-order valence-corrected chi connectivity index (χ3v) is 20.6. The second-order valence-electron chi connectivity index (χ2n) is 31.4. The molecule has 0 unspecified atom stereocenters. The van der Waals surface area contributed by atoms with Crippen LogP contribution in [0.15, 0.2) is 121 Å². The number of alkyl halides is 1. The van der Waals surface area contributed by atoms with E-state index in [-0.39, 0.29) is 152 Å². The molecule has 0 aliphatic carbocycles. The second kappa shape index (κ2) is 47.7. The van der Waals surface area contributed by atoms with Crippen molar-refractivity contribution in [1.29, 1.82) is 0 Å². The Morgan fingerprint density at radius 1 is 0.387 bits per heavy atom. The molecule has 10 rings (SSSR count). The molecule has 0 saturated carbocycles. The van der Waals surface area contributed by atoms with Crippen molar-refractivity contribution in [2.75, 3.05) is 150 Å². The number of ether oxygens (including phenoxy) is 3. The van der Waals surface area contributed by atoms with Crippen LogP contribution in [0.25, 0.3) is 0 Å². The van der Waals surface area contributed by atoms with Crippen LogP contribution in [0.2, 0.25) is 30.1 Å². The van der Waals surface area contributed by atoms with Gasteiger partial charge in [0, 0.05) is 116 Å². The van der Waals surface area contributed by atoms with Gasteiger partial charge in [0.15, 0.2) is 0 Å². The molecule has 4 aliphatic rings. The number of rotatable bonds is 23. The predicted octanol–water partition coefficient (Wildman–Crippen LogP) is 11.0. The quantitative estimate of drug-likeness (QED) is 0.0197. The fourth-order valence-electron chi connectivity index (χ4n) is 12.1. The van der Waals surface area contributed by atoms with E-state index in [1.165, 1.54) is 45.3 Å². The molecule has 32 nitrogen and oxygen atoms in total. The van der Waals surface area contributed by atoms with Gasteiger partial charge in [-0.2, -0.15) is 0 Å². The SMILES string of the molecule is CC(C)(C)OC(=O)NCCN.Cc1c(Cl)cccc1N1CN(C(=O)CCl)CC1=O.Cc1c(Cl)cccc1N1CN(C(=O)CN(CCN)C(=O)c2cccc(Cl)c2)CC1=O.Cc1c(Cl)cccc1N1CN(C(=O)CN(CCNC(=O)OC(C)(C)C)C(=O)c2cccc(Cl)c2)CC1=O.Cc1c(Cl)cccc1N1CN(C(=O)CNCCNC(=O)OC(C)(C)C)CC1=O. The lowest BCUT2D eigenvalue weighted by atomic mass is 10.2. The van der Waals surface area contributed by atoms with Crippen molar-refractivity contribution in [3.8, 4) is 0 Å². The van der Waals surface area contributed by atoms with Crippen LogP contribution in [0, 0.1) is 27.7 Å². The first-order valence-electron chi connectivity index (χ1n) is 39.3. The number of carbonyl (C=O) groups is 13. The summed E-state index contributed by atoms with van der Waals surface area (Å²) in [7, 11) is 0. The first kappa shape index (κ1) is 103. The highest BCUT2D eigenvalue weighted by Crippen LogP contribution is 2.34. The summed E-state index contributed by atoms with van der Waals surface area (Å²) < 4.78 is 15.3. The van der Waals surface area contributed by atoms with Gasteiger partial charge in [-0.25, -0.2) is 14.4 Å². The first-order chi connectivity index (χ1) is 58.2. The monoisotopic (exact) mass is 1850 g/mol. The van der Waals surface area contributed by atoms with E-state index in [4.69, 9.17) is 107 Å². The molecule has 0 spiro atoms. The summed E-state index contributed by atoms with van der Waals surface area (Å²) in [5, 5.41) is 13.7. The van der Waals surface area contributed by atoms with Crippen LogP contribution in [0.5, 0.6) is 0 Å². The van der Waals surface area contributed by atoms with Crippen molar-refractivity contribution in [1.82, 2.24) is 50.7 Å². The van der Waals surface area contributed by atoms with Gasteiger partial charge in [0.2, 0.25) is 47.3 Å². The number of benzene rings is 6. The third kappa shape index (κ3) is 31.8. The van der Waals surface area contributed by atoms with Crippen molar-refractivity contribution < 1.29 is 76.5 Å². The molecule has 0 aromatic heterocycles. The van der Waals surface area contributed by atoms with Crippen LogP contribution in [0.1, 0.15) is 105 Å². The molecule has 39 heteroatoms.